The van der Waals surface area contributed by atoms with Gasteiger partial charge >= 0.3 is 0 Å². The molecule has 0 bridgehead atoms. The molecule has 18 heavy (non-hydrogen) atoms. The van der Waals surface area contributed by atoms with Gasteiger partial charge in [0, 0.05) is 23.6 Å². The zero-order chi connectivity index (χ0) is 13.0. The molecule has 0 radical (unpaired) electrons. The zero-order valence-corrected chi connectivity index (χ0v) is 12.6. The second kappa shape index (κ2) is 7.14. The minimum Gasteiger partial charge on any atom is -0.299 e. The van der Waals surface area contributed by atoms with Crippen molar-refractivity contribution in [1.29, 1.82) is 0 Å². The molecule has 0 aromatic carbocycles. The normalized spacial score (nSPS) is 25.4. The molecule has 0 amide bonds. The van der Waals surface area contributed by atoms with E-state index in [2.05, 4.69) is 0 Å². The Hall–Kier alpha value is 0.250. The molecule has 0 N–H and O–H groups in total. The number of hydrogen-bond acceptors (Lipinski definition) is 1. The second-order valence-electron chi connectivity index (χ2n) is 6.01. The van der Waals surface area contributed by atoms with Crippen LogP contribution in [0, 0.1) is 23.7 Å². The van der Waals surface area contributed by atoms with Gasteiger partial charge in [-0.1, -0.05) is 25.7 Å². The fourth-order valence-electron chi connectivity index (χ4n) is 3.86. The minimum atomic E-state index is 0.0681. The van der Waals surface area contributed by atoms with Gasteiger partial charge in [0.1, 0.15) is 5.78 Å². The fraction of sp³-hybridized carbons (Fsp3) is 0.933. The predicted molar refractivity (Wildman–Crippen MR) is 77.3 cm³/mol. The van der Waals surface area contributed by atoms with Crippen LogP contribution in [0.3, 0.4) is 0 Å². The molecule has 2 saturated carbocycles. The number of Topliss-reactive ketones (excluding diaryl/α,β-unsaturated/α-hetero) is 1. The van der Waals surface area contributed by atoms with Gasteiger partial charge in [0.05, 0.1) is 0 Å². The summed E-state index contributed by atoms with van der Waals surface area (Å²) in [5.74, 6) is 2.55. The lowest BCUT2D eigenvalue weighted by Crippen LogP contribution is -2.34. The van der Waals surface area contributed by atoms with Crippen molar-refractivity contribution in [3.05, 3.63) is 0 Å². The number of carbonyl (C=O) groups is 1. The highest BCUT2D eigenvalue weighted by atomic mass is 35.5. The first kappa shape index (κ1) is 14.7. The third-order valence-corrected chi connectivity index (χ3v) is 5.67. The van der Waals surface area contributed by atoms with Crippen LogP contribution in [0.2, 0.25) is 0 Å². The summed E-state index contributed by atoms with van der Waals surface area (Å²) in [4.78, 5) is 12.7. The Bertz CT molecular complexity index is 242. The topological polar surface area (TPSA) is 17.1 Å². The van der Waals surface area contributed by atoms with E-state index < -0.39 is 0 Å². The zero-order valence-electron chi connectivity index (χ0n) is 11.0. The lowest BCUT2D eigenvalue weighted by molar-refractivity contribution is -0.128. The molecule has 104 valence electrons. The van der Waals surface area contributed by atoms with Crippen molar-refractivity contribution in [2.45, 2.75) is 51.4 Å². The second-order valence-corrected chi connectivity index (χ2v) is 6.63. The summed E-state index contributed by atoms with van der Waals surface area (Å²) in [5.41, 5.74) is 0. The van der Waals surface area contributed by atoms with E-state index in [4.69, 9.17) is 23.2 Å². The van der Waals surface area contributed by atoms with Crippen molar-refractivity contribution in [1.82, 2.24) is 0 Å². The number of halogens is 2. The van der Waals surface area contributed by atoms with Crippen LogP contribution in [0.4, 0.5) is 0 Å². The summed E-state index contributed by atoms with van der Waals surface area (Å²) in [6.07, 6.45) is 9.79. The number of carbonyl (C=O) groups excluding carboxylic acids is 1. The van der Waals surface area contributed by atoms with E-state index in [0.29, 0.717) is 29.4 Å². The first-order chi connectivity index (χ1) is 8.77. The SMILES string of the molecule is O=C(C(CCl)C1CCCC1)C(CCl)C1CCCC1. The third-order valence-electron chi connectivity index (χ3n) is 5.00. The predicted octanol–water partition coefficient (Wildman–Crippen LogP) is 4.65. The van der Waals surface area contributed by atoms with Crippen LogP contribution in [-0.2, 0) is 4.79 Å². The lowest BCUT2D eigenvalue weighted by Gasteiger charge is -2.27. The Balaban J connectivity index is 2.00. The Morgan fingerprint density at radius 3 is 1.44 bits per heavy atom. The van der Waals surface area contributed by atoms with Crippen LogP contribution in [0.25, 0.3) is 0 Å². The van der Waals surface area contributed by atoms with Crippen LogP contribution in [0.15, 0.2) is 0 Å². The number of alkyl halides is 2. The maximum absolute atomic E-state index is 12.7. The molecule has 0 saturated heterocycles. The molecule has 0 aromatic heterocycles. The highest BCUT2D eigenvalue weighted by Gasteiger charge is 2.37. The van der Waals surface area contributed by atoms with E-state index in [1.165, 1.54) is 51.4 Å². The van der Waals surface area contributed by atoms with Crippen LogP contribution in [0.5, 0.6) is 0 Å². The lowest BCUT2D eigenvalue weighted by atomic mass is 9.78. The van der Waals surface area contributed by atoms with Gasteiger partial charge < -0.3 is 0 Å². The van der Waals surface area contributed by atoms with Crippen LogP contribution in [-0.4, -0.2) is 17.5 Å². The molecule has 3 heteroatoms. The number of rotatable bonds is 6. The molecular weight excluding hydrogens is 267 g/mol. The van der Waals surface area contributed by atoms with E-state index in [1.807, 2.05) is 0 Å². The highest BCUT2D eigenvalue weighted by Crippen LogP contribution is 2.38. The van der Waals surface area contributed by atoms with Crippen molar-refractivity contribution >= 4 is 29.0 Å². The monoisotopic (exact) mass is 290 g/mol. The molecule has 2 fully saturated rings. The maximum Gasteiger partial charge on any atom is 0.141 e. The van der Waals surface area contributed by atoms with E-state index in [0.717, 1.165) is 0 Å². The van der Waals surface area contributed by atoms with Gasteiger partial charge in [-0.05, 0) is 37.5 Å². The molecule has 0 aromatic rings. The van der Waals surface area contributed by atoms with E-state index >= 15 is 0 Å². The van der Waals surface area contributed by atoms with Gasteiger partial charge in [-0.15, -0.1) is 23.2 Å². The molecular formula is C15H24Cl2O. The molecule has 2 unspecified atom stereocenters. The molecule has 0 heterocycles. The van der Waals surface area contributed by atoms with Gasteiger partial charge in [-0.25, -0.2) is 0 Å². The minimum absolute atomic E-state index is 0.0681. The molecule has 2 aliphatic carbocycles. The van der Waals surface area contributed by atoms with E-state index in [-0.39, 0.29) is 11.8 Å². The van der Waals surface area contributed by atoms with Crippen molar-refractivity contribution < 1.29 is 4.79 Å². The highest BCUT2D eigenvalue weighted by molar-refractivity contribution is 6.21. The van der Waals surface area contributed by atoms with E-state index in [9.17, 15) is 4.79 Å². The Labute approximate surface area is 121 Å². The largest absolute Gasteiger partial charge is 0.299 e. The average Bonchev–Trinajstić information content (AvgIpc) is 3.03. The van der Waals surface area contributed by atoms with Gasteiger partial charge in [0.2, 0.25) is 0 Å². The smallest absolute Gasteiger partial charge is 0.141 e. The van der Waals surface area contributed by atoms with Crippen molar-refractivity contribution in [2.24, 2.45) is 23.7 Å². The Morgan fingerprint density at radius 2 is 1.17 bits per heavy atom. The summed E-state index contributed by atoms with van der Waals surface area (Å²) in [7, 11) is 0. The van der Waals surface area contributed by atoms with Gasteiger partial charge in [-0.2, -0.15) is 0 Å². The quantitative estimate of drug-likeness (QED) is 0.651. The summed E-state index contributed by atoms with van der Waals surface area (Å²) in [5, 5.41) is 0. The maximum atomic E-state index is 12.7. The summed E-state index contributed by atoms with van der Waals surface area (Å²) in [6.45, 7) is 0. The molecule has 0 aliphatic heterocycles. The molecule has 2 rings (SSSR count). The molecule has 1 nitrogen and oxygen atoms in total. The number of ketones is 1. The summed E-state index contributed by atoms with van der Waals surface area (Å²) < 4.78 is 0. The van der Waals surface area contributed by atoms with Crippen LogP contribution >= 0.6 is 23.2 Å². The summed E-state index contributed by atoms with van der Waals surface area (Å²) in [6, 6.07) is 0. The van der Waals surface area contributed by atoms with Gasteiger partial charge in [0.15, 0.2) is 0 Å². The Kier molecular flexibility index (Phi) is 5.82. The third kappa shape index (κ3) is 3.22. The van der Waals surface area contributed by atoms with Crippen LogP contribution < -0.4 is 0 Å². The van der Waals surface area contributed by atoms with Gasteiger partial charge in [-0.3, -0.25) is 4.79 Å². The van der Waals surface area contributed by atoms with Crippen molar-refractivity contribution in [3.8, 4) is 0 Å². The van der Waals surface area contributed by atoms with Crippen LogP contribution in [0.1, 0.15) is 51.4 Å². The number of hydrogen-bond donors (Lipinski definition) is 0. The van der Waals surface area contributed by atoms with Crippen molar-refractivity contribution in [2.75, 3.05) is 11.8 Å². The van der Waals surface area contributed by atoms with Crippen molar-refractivity contribution in [3.63, 3.8) is 0 Å². The fourth-order valence-corrected chi connectivity index (χ4v) is 4.67. The first-order valence-electron chi connectivity index (χ1n) is 7.43. The molecule has 2 atom stereocenters. The van der Waals surface area contributed by atoms with E-state index in [1.54, 1.807) is 0 Å². The van der Waals surface area contributed by atoms with Gasteiger partial charge in [0.25, 0.3) is 0 Å². The Morgan fingerprint density at radius 1 is 0.833 bits per heavy atom. The first-order valence-corrected chi connectivity index (χ1v) is 8.50. The standard InChI is InChI=1S/C15H24Cl2O/c16-9-13(11-5-1-2-6-11)15(18)14(10-17)12-7-3-4-8-12/h11-14H,1-10H2. The molecule has 2 aliphatic rings. The summed E-state index contributed by atoms with van der Waals surface area (Å²) >= 11 is 12.2. The molecule has 0 spiro atoms. The average molecular weight is 291 g/mol.